The van der Waals surface area contributed by atoms with E-state index in [-0.39, 0.29) is 10.2 Å². The Hall–Kier alpha value is -1.76. The number of carbonyl (C=O) groups excluding carboxylic acids is 1. The van der Waals surface area contributed by atoms with Crippen molar-refractivity contribution in [2.24, 2.45) is 5.73 Å². The van der Waals surface area contributed by atoms with E-state index in [0.29, 0.717) is 0 Å². The van der Waals surface area contributed by atoms with E-state index in [0.717, 1.165) is 6.26 Å². The van der Waals surface area contributed by atoms with Crippen LogP contribution in [-0.4, -0.2) is 25.2 Å². The quantitative estimate of drug-likeness (QED) is 0.757. The zero-order chi connectivity index (χ0) is 11.5. The van der Waals surface area contributed by atoms with Gasteiger partial charge in [-0.1, -0.05) is 18.2 Å². The maximum absolute atomic E-state index is 11.1. The van der Waals surface area contributed by atoms with Crippen molar-refractivity contribution in [3.8, 4) is 5.75 Å². The highest BCUT2D eigenvalue weighted by Crippen LogP contribution is 2.12. The molecule has 0 bridgehead atoms. The number of carbonyl (C=O) groups is 1. The molecular formula is C8H10N2O4S. The van der Waals surface area contributed by atoms with Crippen molar-refractivity contribution < 1.29 is 18.0 Å². The first-order chi connectivity index (χ1) is 6.91. The average Bonchev–Trinajstić information content (AvgIpc) is 2.13. The molecule has 0 saturated carbocycles. The molecule has 0 aliphatic rings. The summed E-state index contributed by atoms with van der Waals surface area (Å²) in [6.07, 6.45) is 0.820. The Morgan fingerprint density at radius 3 is 2.27 bits per heavy atom. The van der Waals surface area contributed by atoms with Crippen LogP contribution in [0.3, 0.4) is 0 Å². The summed E-state index contributed by atoms with van der Waals surface area (Å²) in [4.78, 5) is 15.6. The third-order valence-electron chi connectivity index (χ3n) is 1.41. The van der Waals surface area contributed by atoms with Crippen LogP contribution in [0.4, 0.5) is 4.79 Å². The Morgan fingerprint density at radius 2 is 1.87 bits per heavy atom. The smallest absolute Gasteiger partial charge is 0.360 e. The van der Waals surface area contributed by atoms with Crippen LogP contribution in [0.1, 0.15) is 0 Å². The van der Waals surface area contributed by atoms with Gasteiger partial charge in [0.25, 0.3) is 10.0 Å². The largest absolute Gasteiger partial charge is 0.362 e. The third kappa shape index (κ3) is 3.13. The van der Waals surface area contributed by atoms with Gasteiger partial charge in [0.2, 0.25) is 0 Å². The van der Waals surface area contributed by atoms with E-state index in [1.807, 2.05) is 0 Å². The van der Waals surface area contributed by atoms with Gasteiger partial charge in [0.15, 0.2) is 5.75 Å². The minimum atomic E-state index is -3.83. The van der Waals surface area contributed by atoms with E-state index in [1.165, 1.54) is 12.1 Å². The molecule has 0 saturated heterocycles. The minimum absolute atomic E-state index is 0.127. The minimum Gasteiger partial charge on any atom is -0.360 e. The third-order valence-corrected chi connectivity index (χ3v) is 2.27. The summed E-state index contributed by atoms with van der Waals surface area (Å²) in [6.45, 7) is 0. The number of rotatable bonds is 3. The fourth-order valence-corrected chi connectivity index (χ4v) is 1.40. The van der Waals surface area contributed by atoms with Crippen molar-refractivity contribution in [2.75, 3.05) is 6.26 Å². The summed E-state index contributed by atoms with van der Waals surface area (Å²) < 4.78 is 22.3. The predicted octanol–water partition coefficient (Wildman–Crippen LogP) is 0.321. The molecule has 0 spiro atoms. The van der Waals surface area contributed by atoms with Gasteiger partial charge in [-0.3, -0.25) is 0 Å². The van der Waals surface area contributed by atoms with Gasteiger partial charge in [-0.05, 0) is 16.6 Å². The van der Waals surface area contributed by atoms with E-state index in [1.54, 1.807) is 18.2 Å². The number of nitrogens with two attached hydrogens (primary N) is 1. The lowest BCUT2D eigenvalue weighted by Gasteiger charge is -2.17. The molecule has 0 aromatic heterocycles. The highest BCUT2D eigenvalue weighted by atomic mass is 32.2. The normalized spacial score (nSPS) is 10.7. The van der Waals surface area contributed by atoms with Crippen molar-refractivity contribution in [3.63, 3.8) is 0 Å². The van der Waals surface area contributed by atoms with Gasteiger partial charge in [-0.2, -0.15) is 0 Å². The molecule has 0 radical (unpaired) electrons. The van der Waals surface area contributed by atoms with E-state index < -0.39 is 16.1 Å². The van der Waals surface area contributed by atoms with Crippen molar-refractivity contribution in [2.45, 2.75) is 0 Å². The van der Waals surface area contributed by atoms with Crippen LogP contribution in [0.2, 0.25) is 0 Å². The summed E-state index contributed by atoms with van der Waals surface area (Å²) >= 11 is 0. The molecule has 0 heterocycles. The first kappa shape index (κ1) is 11.3. The monoisotopic (exact) mass is 230 g/mol. The predicted molar refractivity (Wildman–Crippen MR) is 53.3 cm³/mol. The van der Waals surface area contributed by atoms with Crippen molar-refractivity contribution in [1.82, 2.24) is 4.47 Å². The van der Waals surface area contributed by atoms with Crippen LogP contribution in [0.5, 0.6) is 5.75 Å². The number of hydroxylamine groups is 1. The molecule has 1 aromatic carbocycles. The number of para-hydroxylation sites is 1. The SMILES string of the molecule is CS(=O)(=O)N(Oc1ccccc1)C(N)=O. The Morgan fingerprint density at radius 1 is 1.33 bits per heavy atom. The van der Waals surface area contributed by atoms with E-state index in [9.17, 15) is 13.2 Å². The molecular weight excluding hydrogens is 220 g/mol. The number of urea groups is 1. The number of benzene rings is 1. The second kappa shape index (κ2) is 4.18. The summed E-state index contributed by atoms with van der Waals surface area (Å²) in [6, 6.07) is 6.80. The van der Waals surface area contributed by atoms with Crippen LogP contribution < -0.4 is 10.6 Å². The highest BCUT2D eigenvalue weighted by Gasteiger charge is 2.23. The van der Waals surface area contributed by atoms with Crippen LogP contribution in [0, 0.1) is 0 Å². The van der Waals surface area contributed by atoms with E-state index in [4.69, 9.17) is 10.6 Å². The van der Waals surface area contributed by atoms with Gasteiger partial charge in [-0.25, -0.2) is 13.2 Å². The van der Waals surface area contributed by atoms with Crippen LogP contribution in [0.25, 0.3) is 0 Å². The standard InChI is InChI=1S/C8H10N2O4S/c1-15(12,13)10(8(9)11)14-7-5-3-2-4-6-7/h2-6H,1H3,(H2,9,11). The highest BCUT2D eigenvalue weighted by molar-refractivity contribution is 7.88. The lowest BCUT2D eigenvalue weighted by atomic mass is 10.3. The van der Waals surface area contributed by atoms with Crippen molar-refractivity contribution >= 4 is 16.1 Å². The van der Waals surface area contributed by atoms with Crippen LogP contribution in [-0.2, 0) is 10.0 Å². The van der Waals surface area contributed by atoms with Crippen molar-refractivity contribution in [1.29, 1.82) is 0 Å². The lowest BCUT2D eigenvalue weighted by Crippen LogP contribution is -2.42. The molecule has 2 amide bonds. The van der Waals surface area contributed by atoms with Gasteiger partial charge >= 0.3 is 6.03 Å². The maximum Gasteiger partial charge on any atom is 0.362 e. The fourth-order valence-electron chi connectivity index (χ4n) is 0.853. The Bertz CT molecular complexity index is 443. The summed E-state index contributed by atoms with van der Waals surface area (Å²) in [7, 11) is -3.83. The maximum atomic E-state index is 11.1. The molecule has 0 unspecified atom stereocenters. The topological polar surface area (TPSA) is 89.7 Å². The zero-order valence-electron chi connectivity index (χ0n) is 7.95. The number of primary amides is 1. The fraction of sp³-hybridized carbons (Fsp3) is 0.125. The number of amides is 2. The van der Waals surface area contributed by atoms with Crippen LogP contribution >= 0.6 is 0 Å². The van der Waals surface area contributed by atoms with Crippen LogP contribution in [0.15, 0.2) is 30.3 Å². The molecule has 6 nitrogen and oxygen atoms in total. The molecule has 0 aliphatic heterocycles. The lowest BCUT2D eigenvalue weighted by molar-refractivity contribution is 0.0748. The van der Waals surface area contributed by atoms with E-state index >= 15 is 0 Å². The number of nitrogens with zero attached hydrogens (tertiary/aromatic N) is 1. The summed E-state index contributed by atoms with van der Waals surface area (Å²) in [5.74, 6) is 0.210. The van der Waals surface area contributed by atoms with Gasteiger partial charge in [0.1, 0.15) is 0 Å². The van der Waals surface area contributed by atoms with Gasteiger partial charge in [-0.15, -0.1) is 0 Å². The molecule has 15 heavy (non-hydrogen) atoms. The second-order valence-electron chi connectivity index (χ2n) is 2.73. The second-order valence-corrected chi connectivity index (χ2v) is 4.53. The average molecular weight is 230 g/mol. The summed E-state index contributed by atoms with van der Waals surface area (Å²) in [5.41, 5.74) is 4.85. The number of sulfonamides is 1. The Balaban J connectivity index is 2.92. The van der Waals surface area contributed by atoms with Crippen molar-refractivity contribution in [3.05, 3.63) is 30.3 Å². The molecule has 7 heteroatoms. The van der Waals surface area contributed by atoms with Gasteiger partial charge < -0.3 is 10.6 Å². The molecule has 2 N–H and O–H groups in total. The molecule has 0 fully saturated rings. The molecule has 1 aromatic rings. The molecule has 0 atom stereocenters. The zero-order valence-corrected chi connectivity index (χ0v) is 8.77. The number of hydrogen-bond donors (Lipinski definition) is 1. The van der Waals surface area contributed by atoms with E-state index in [2.05, 4.69) is 0 Å². The Labute approximate surface area is 87.3 Å². The van der Waals surface area contributed by atoms with Gasteiger partial charge in [0.05, 0.1) is 6.26 Å². The summed E-state index contributed by atoms with van der Waals surface area (Å²) in [5, 5.41) is 0. The molecule has 1 rings (SSSR count). The number of hydrogen-bond acceptors (Lipinski definition) is 4. The first-order valence-corrected chi connectivity index (χ1v) is 5.79. The van der Waals surface area contributed by atoms with Gasteiger partial charge in [0, 0.05) is 0 Å². The first-order valence-electron chi connectivity index (χ1n) is 3.94. The molecule has 82 valence electrons. The Kier molecular flexibility index (Phi) is 3.15. The molecule has 0 aliphatic carbocycles.